The number of aromatic nitrogens is 2. The van der Waals surface area contributed by atoms with Gasteiger partial charge in [0.25, 0.3) is 0 Å². The van der Waals surface area contributed by atoms with Crippen LogP contribution < -0.4 is 0 Å². The van der Waals surface area contributed by atoms with Crippen LogP contribution >= 0.6 is 23.1 Å². The Morgan fingerprint density at radius 3 is 2.88 bits per heavy atom. The first-order chi connectivity index (χ1) is 11.6. The van der Waals surface area contributed by atoms with E-state index in [1.807, 2.05) is 34.7 Å². The first-order valence-electron chi connectivity index (χ1n) is 7.94. The first-order valence-corrected chi connectivity index (χ1v) is 9.70. The quantitative estimate of drug-likeness (QED) is 0.467. The lowest BCUT2D eigenvalue weighted by Crippen LogP contribution is -2.12. The summed E-state index contributed by atoms with van der Waals surface area (Å²) in [6, 6.07) is 8.23. The second kappa shape index (κ2) is 7.40. The highest BCUT2D eigenvalue weighted by molar-refractivity contribution is 7.99. The fourth-order valence-electron chi connectivity index (χ4n) is 2.59. The van der Waals surface area contributed by atoms with Gasteiger partial charge in [-0.25, -0.2) is 9.78 Å². The van der Waals surface area contributed by atoms with Gasteiger partial charge in [-0.05, 0) is 25.1 Å². The molecule has 0 bridgehead atoms. The Morgan fingerprint density at radius 2 is 2.21 bits per heavy atom. The SMILES string of the molecule is CCOC(=O)c1cc2ccc(SC(C)C)cc2n1Cc1nccs1. The van der Waals surface area contributed by atoms with E-state index in [0.29, 0.717) is 24.1 Å². The third-order valence-electron chi connectivity index (χ3n) is 3.51. The van der Waals surface area contributed by atoms with Crippen LogP contribution in [0.4, 0.5) is 0 Å². The summed E-state index contributed by atoms with van der Waals surface area (Å²) >= 11 is 3.40. The van der Waals surface area contributed by atoms with Crippen LogP contribution in [0.3, 0.4) is 0 Å². The van der Waals surface area contributed by atoms with Gasteiger partial charge in [0, 0.05) is 27.1 Å². The largest absolute Gasteiger partial charge is 0.461 e. The number of thiazole rings is 1. The van der Waals surface area contributed by atoms with Gasteiger partial charge in [0.05, 0.1) is 18.7 Å². The molecule has 126 valence electrons. The zero-order valence-corrected chi connectivity index (χ0v) is 15.6. The number of benzene rings is 1. The number of carbonyl (C=O) groups is 1. The van der Waals surface area contributed by atoms with Crippen molar-refractivity contribution < 1.29 is 9.53 Å². The number of nitrogens with zero attached hydrogens (tertiary/aromatic N) is 2. The fourth-order valence-corrected chi connectivity index (χ4v) is 4.07. The number of fused-ring (bicyclic) bond motifs is 1. The third-order valence-corrected chi connectivity index (χ3v) is 5.27. The van der Waals surface area contributed by atoms with Gasteiger partial charge in [-0.3, -0.25) is 0 Å². The topological polar surface area (TPSA) is 44.1 Å². The van der Waals surface area contributed by atoms with Gasteiger partial charge in [0.1, 0.15) is 10.7 Å². The van der Waals surface area contributed by atoms with Gasteiger partial charge in [-0.15, -0.1) is 23.1 Å². The maximum absolute atomic E-state index is 12.4. The summed E-state index contributed by atoms with van der Waals surface area (Å²) in [5.74, 6) is -0.289. The highest BCUT2D eigenvalue weighted by Crippen LogP contribution is 2.29. The first kappa shape index (κ1) is 17.0. The zero-order valence-electron chi connectivity index (χ0n) is 14.0. The number of hydrogen-bond donors (Lipinski definition) is 0. The summed E-state index contributed by atoms with van der Waals surface area (Å²) in [6.07, 6.45) is 1.79. The van der Waals surface area contributed by atoms with Crippen molar-refractivity contribution in [2.75, 3.05) is 6.61 Å². The number of carbonyl (C=O) groups excluding carboxylic acids is 1. The van der Waals surface area contributed by atoms with Gasteiger partial charge in [-0.1, -0.05) is 19.9 Å². The Balaban J connectivity index is 2.09. The van der Waals surface area contributed by atoms with E-state index in [-0.39, 0.29) is 5.97 Å². The number of ether oxygens (including phenoxy) is 1. The molecule has 2 heterocycles. The number of esters is 1. The molecule has 0 atom stereocenters. The predicted molar refractivity (Wildman–Crippen MR) is 100 cm³/mol. The van der Waals surface area contributed by atoms with Gasteiger partial charge in [0.15, 0.2) is 0 Å². The van der Waals surface area contributed by atoms with Crippen molar-refractivity contribution in [2.45, 2.75) is 37.5 Å². The van der Waals surface area contributed by atoms with Crippen LogP contribution in [0.5, 0.6) is 0 Å². The van der Waals surface area contributed by atoms with E-state index in [0.717, 1.165) is 15.9 Å². The van der Waals surface area contributed by atoms with Crippen molar-refractivity contribution in [3.8, 4) is 0 Å². The number of hydrogen-bond acceptors (Lipinski definition) is 5. The molecule has 0 spiro atoms. The van der Waals surface area contributed by atoms with Crippen molar-refractivity contribution in [3.05, 3.63) is 46.5 Å². The average Bonchev–Trinajstić information content (AvgIpc) is 3.16. The minimum absolute atomic E-state index is 0.289. The van der Waals surface area contributed by atoms with Gasteiger partial charge >= 0.3 is 5.97 Å². The molecule has 3 aromatic rings. The molecule has 0 aliphatic carbocycles. The second-order valence-electron chi connectivity index (χ2n) is 5.65. The van der Waals surface area contributed by atoms with Crippen LogP contribution in [0.15, 0.2) is 40.7 Å². The molecular formula is C18H20N2O2S2. The van der Waals surface area contributed by atoms with E-state index in [4.69, 9.17) is 4.74 Å². The van der Waals surface area contributed by atoms with Crippen LogP contribution in [0.25, 0.3) is 10.9 Å². The molecule has 0 saturated carbocycles. The molecule has 0 radical (unpaired) electrons. The molecule has 0 aliphatic rings. The maximum atomic E-state index is 12.4. The lowest BCUT2D eigenvalue weighted by molar-refractivity contribution is 0.0515. The van der Waals surface area contributed by atoms with Crippen molar-refractivity contribution >= 4 is 40.0 Å². The lowest BCUT2D eigenvalue weighted by Gasteiger charge is -2.10. The average molecular weight is 361 g/mol. The van der Waals surface area contributed by atoms with E-state index in [9.17, 15) is 4.79 Å². The van der Waals surface area contributed by atoms with E-state index in [2.05, 4.69) is 37.0 Å². The molecule has 3 rings (SSSR count). The Kier molecular flexibility index (Phi) is 5.26. The molecule has 1 aromatic carbocycles. The van der Waals surface area contributed by atoms with Crippen molar-refractivity contribution in [1.29, 1.82) is 0 Å². The van der Waals surface area contributed by atoms with Gasteiger partial charge < -0.3 is 9.30 Å². The summed E-state index contributed by atoms with van der Waals surface area (Å²) < 4.78 is 7.24. The Morgan fingerprint density at radius 1 is 1.38 bits per heavy atom. The molecule has 24 heavy (non-hydrogen) atoms. The van der Waals surface area contributed by atoms with Crippen LogP contribution in [-0.4, -0.2) is 27.4 Å². The highest BCUT2D eigenvalue weighted by Gasteiger charge is 2.18. The standard InChI is InChI=1S/C18H20N2O2S2/c1-4-22-18(21)16-9-13-5-6-14(24-12(2)3)10-15(13)20(16)11-17-19-7-8-23-17/h5-10,12H,4,11H2,1-3H3. The second-order valence-corrected chi connectivity index (χ2v) is 8.28. The van der Waals surface area contributed by atoms with E-state index in [1.165, 1.54) is 4.90 Å². The lowest BCUT2D eigenvalue weighted by atomic mass is 10.2. The summed E-state index contributed by atoms with van der Waals surface area (Å²) in [5.41, 5.74) is 1.62. The van der Waals surface area contributed by atoms with E-state index in [1.54, 1.807) is 17.5 Å². The molecule has 0 saturated heterocycles. The Hall–Kier alpha value is -1.79. The van der Waals surface area contributed by atoms with E-state index >= 15 is 0 Å². The van der Waals surface area contributed by atoms with Gasteiger partial charge in [0.2, 0.25) is 0 Å². The van der Waals surface area contributed by atoms with Crippen molar-refractivity contribution in [2.24, 2.45) is 0 Å². The molecule has 0 N–H and O–H groups in total. The van der Waals surface area contributed by atoms with Crippen LogP contribution in [0, 0.1) is 0 Å². The summed E-state index contributed by atoms with van der Waals surface area (Å²) in [4.78, 5) is 17.9. The van der Waals surface area contributed by atoms with Gasteiger partial charge in [-0.2, -0.15) is 0 Å². The molecule has 6 heteroatoms. The monoisotopic (exact) mass is 360 g/mol. The molecule has 0 amide bonds. The zero-order chi connectivity index (χ0) is 17.1. The summed E-state index contributed by atoms with van der Waals surface area (Å²) in [6.45, 7) is 7.11. The summed E-state index contributed by atoms with van der Waals surface area (Å²) in [7, 11) is 0. The van der Waals surface area contributed by atoms with E-state index < -0.39 is 0 Å². The highest BCUT2D eigenvalue weighted by atomic mass is 32.2. The smallest absolute Gasteiger partial charge is 0.354 e. The van der Waals surface area contributed by atoms with Crippen LogP contribution in [0.2, 0.25) is 0 Å². The number of thioether (sulfide) groups is 1. The Bertz CT molecular complexity index is 838. The minimum Gasteiger partial charge on any atom is -0.461 e. The molecule has 0 fully saturated rings. The predicted octanol–water partition coefficient (Wildman–Crippen LogP) is 4.82. The number of rotatable bonds is 6. The normalized spacial score (nSPS) is 11.3. The minimum atomic E-state index is -0.289. The maximum Gasteiger partial charge on any atom is 0.354 e. The van der Waals surface area contributed by atoms with Crippen LogP contribution in [0.1, 0.15) is 36.3 Å². The third kappa shape index (κ3) is 3.65. The van der Waals surface area contributed by atoms with Crippen LogP contribution in [-0.2, 0) is 11.3 Å². The fraction of sp³-hybridized carbons (Fsp3) is 0.333. The molecule has 0 aliphatic heterocycles. The van der Waals surface area contributed by atoms with Crippen molar-refractivity contribution in [3.63, 3.8) is 0 Å². The molecule has 4 nitrogen and oxygen atoms in total. The van der Waals surface area contributed by atoms with Crippen molar-refractivity contribution in [1.82, 2.24) is 9.55 Å². The Labute approximate surface area is 149 Å². The molecular weight excluding hydrogens is 340 g/mol. The molecule has 2 aromatic heterocycles. The molecule has 0 unspecified atom stereocenters. The summed E-state index contributed by atoms with van der Waals surface area (Å²) in [5, 5.41) is 4.47.